The van der Waals surface area contributed by atoms with Crippen LogP contribution < -0.4 is 11.1 Å². The number of nitrogens with two attached hydrogens (primary N) is 1. The Balaban J connectivity index is 1.96. The molecule has 0 aliphatic rings. The molecule has 1 aromatic heterocycles. The van der Waals surface area contributed by atoms with E-state index in [0.29, 0.717) is 18.2 Å². The van der Waals surface area contributed by atoms with Crippen LogP contribution in [0.4, 0.5) is 5.69 Å². The van der Waals surface area contributed by atoms with E-state index in [2.05, 4.69) is 24.3 Å². The molecule has 0 bridgehead atoms. The first-order valence-electron chi connectivity index (χ1n) is 6.24. The van der Waals surface area contributed by atoms with E-state index in [1.54, 1.807) is 12.1 Å². The summed E-state index contributed by atoms with van der Waals surface area (Å²) in [6.07, 6.45) is 1.97. The summed E-state index contributed by atoms with van der Waals surface area (Å²) in [6, 6.07) is 9.43. The van der Waals surface area contributed by atoms with Crippen molar-refractivity contribution in [2.45, 2.75) is 26.4 Å². The molecule has 2 aromatic rings. The van der Waals surface area contributed by atoms with Crippen molar-refractivity contribution in [3.8, 4) is 0 Å². The molecule has 1 amide bonds. The van der Waals surface area contributed by atoms with Gasteiger partial charge in [-0.25, -0.2) is 0 Å². The Labute approximate surface area is 112 Å². The van der Waals surface area contributed by atoms with Gasteiger partial charge in [-0.1, -0.05) is 0 Å². The highest BCUT2D eigenvalue weighted by molar-refractivity contribution is 5.93. The largest absolute Gasteiger partial charge is 0.379 e. The van der Waals surface area contributed by atoms with Crippen molar-refractivity contribution < 1.29 is 4.79 Å². The summed E-state index contributed by atoms with van der Waals surface area (Å²) in [5.41, 5.74) is 7.61. The highest BCUT2D eigenvalue weighted by Crippen LogP contribution is 2.11. The van der Waals surface area contributed by atoms with Gasteiger partial charge in [-0.05, 0) is 44.2 Å². The lowest BCUT2D eigenvalue weighted by molar-refractivity contribution is 0.100. The zero-order valence-electron chi connectivity index (χ0n) is 11.1. The highest BCUT2D eigenvalue weighted by atomic mass is 16.1. The summed E-state index contributed by atoms with van der Waals surface area (Å²) >= 11 is 0. The Bertz CT molecular complexity index is 557. The fourth-order valence-corrected chi connectivity index (χ4v) is 1.70. The van der Waals surface area contributed by atoms with Crippen molar-refractivity contribution in [1.29, 1.82) is 0 Å². The Morgan fingerprint density at radius 3 is 2.53 bits per heavy atom. The molecule has 19 heavy (non-hydrogen) atoms. The molecular weight excluding hydrogens is 240 g/mol. The minimum absolute atomic E-state index is 0.364. The van der Waals surface area contributed by atoms with Gasteiger partial charge in [0, 0.05) is 23.5 Å². The van der Waals surface area contributed by atoms with Crippen LogP contribution in [0, 0.1) is 0 Å². The Morgan fingerprint density at radius 2 is 2.00 bits per heavy atom. The van der Waals surface area contributed by atoms with Gasteiger partial charge in [-0.3, -0.25) is 9.48 Å². The average Bonchev–Trinajstić information content (AvgIpc) is 2.86. The third-order valence-electron chi connectivity index (χ3n) is 2.84. The second-order valence-corrected chi connectivity index (χ2v) is 4.68. The normalized spacial score (nSPS) is 10.7. The van der Waals surface area contributed by atoms with Crippen LogP contribution in [-0.4, -0.2) is 15.7 Å². The summed E-state index contributed by atoms with van der Waals surface area (Å²) in [7, 11) is 0. The lowest BCUT2D eigenvalue weighted by atomic mass is 10.2. The van der Waals surface area contributed by atoms with Gasteiger partial charge in [-0.15, -0.1) is 0 Å². The fraction of sp³-hybridized carbons (Fsp3) is 0.286. The summed E-state index contributed by atoms with van der Waals surface area (Å²) in [5, 5.41) is 7.70. The number of primary amides is 1. The van der Waals surface area contributed by atoms with Crippen molar-refractivity contribution in [3.63, 3.8) is 0 Å². The molecule has 3 N–H and O–H groups in total. The quantitative estimate of drug-likeness (QED) is 0.863. The van der Waals surface area contributed by atoms with Crippen molar-refractivity contribution in [2.75, 3.05) is 5.32 Å². The van der Waals surface area contributed by atoms with E-state index >= 15 is 0 Å². The van der Waals surface area contributed by atoms with Crippen LogP contribution in [0.2, 0.25) is 0 Å². The molecular formula is C14H18N4O. The average molecular weight is 258 g/mol. The summed E-state index contributed by atoms with van der Waals surface area (Å²) in [6.45, 7) is 4.83. The smallest absolute Gasteiger partial charge is 0.248 e. The first kappa shape index (κ1) is 13.1. The lowest BCUT2D eigenvalue weighted by Crippen LogP contribution is -2.10. The number of rotatable bonds is 5. The van der Waals surface area contributed by atoms with E-state index in [-0.39, 0.29) is 0 Å². The van der Waals surface area contributed by atoms with Crippen molar-refractivity contribution in [1.82, 2.24) is 9.78 Å². The van der Waals surface area contributed by atoms with Crippen LogP contribution >= 0.6 is 0 Å². The van der Waals surface area contributed by atoms with E-state index in [0.717, 1.165) is 11.4 Å². The zero-order chi connectivity index (χ0) is 13.8. The van der Waals surface area contributed by atoms with Gasteiger partial charge in [0.05, 0.1) is 12.2 Å². The first-order valence-corrected chi connectivity index (χ1v) is 6.24. The molecule has 0 spiro atoms. The predicted octanol–water partition coefficient (Wildman–Crippen LogP) is 2.17. The van der Waals surface area contributed by atoms with Gasteiger partial charge in [0.15, 0.2) is 0 Å². The molecule has 5 heteroatoms. The predicted molar refractivity (Wildman–Crippen MR) is 74.9 cm³/mol. The number of benzene rings is 1. The standard InChI is InChI=1S/C14H18N4O/c1-10(2)18-8-7-13(17-18)9-16-12-5-3-11(4-6-12)14(15)19/h3-8,10,16H,9H2,1-2H3,(H2,15,19). The van der Waals surface area contributed by atoms with Crippen LogP contribution in [-0.2, 0) is 6.54 Å². The van der Waals surface area contributed by atoms with Gasteiger partial charge >= 0.3 is 0 Å². The van der Waals surface area contributed by atoms with Crippen LogP contribution in [0.25, 0.3) is 0 Å². The monoisotopic (exact) mass is 258 g/mol. The number of aromatic nitrogens is 2. The number of nitrogens with zero attached hydrogens (tertiary/aromatic N) is 2. The minimum atomic E-state index is -0.415. The number of hydrogen-bond donors (Lipinski definition) is 2. The van der Waals surface area contributed by atoms with Crippen molar-refractivity contribution in [2.24, 2.45) is 5.73 Å². The lowest BCUT2D eigenvalue weighted by Gasteiger charge is -2.06. The molecule has 0 saturated carbocycles. The SMILES string of the molecule is CC(C)n1ccc(CNc2ccc(C(N)=O)cc2)n1. The van der Waals surface area contributed by atoms with Gasteiger partial charge in [0.2, 0.25) is 5.91 Å². The number of carbonyl (C=O) groups excluding carboxylic acids is 1. The highest BCUT2D eigenvalue weighted by Gasteiger charge is 2.03. The summed E-state index contributed by atoms with van der Waals surface area (Å²) < 4.78 is 1.92. The number of anilines is 1. The molecule has 0 atom stereocenters. The van der Waals surface area contributed by atoms with Crippen LogP contribution in [0.5, 0.6) is 0 Å². The minimum Gasteiger partial charge on any atom is -0.379 e. The van der Waals surface area contributed by atoms with Crippen LogP contribution in [0.3, 0.4) is 0 Å². The molecule has 2 rings (SSSR count). The van der Waals surface area contributed by atoms with Gasteiger partial charge in [0.25, 0.3) is 0 Å². The van der Waals surface area contributed by atoms with Crippen molar-refractivity contribution >= 4 is 11.6 Å². The third kappa shape index (κ3) is 3.34. The van der Waals surface area contributed by atoms with E-state index < -0.39 is 5.91 Å². The molecule has 0 radical (unpaired) electrons. The molecule has 100 valence electrons. The maximum atomic E-state index is 10.9. The van der Waals surface area contributed by atoms with E-state index in [4.69, 9.17) is 5.73 Å². The number of hydrogen-bond acceptors (Lipinski definition) is 3. The number of carbonyl (C=O) groups is 1. The molecule has 1 aromatic carbocycles. The molecule has 1 heterocycles. The Hall–Kier alpha value is -2.30. The molecule has 5 nitrogen and oxygen atoms in total. The van der Waals surface area contributed by atoms with Gasteiger partial charge < -0.3 is 11.1 Å². The first-order chi connectivity index (χ1) is 9.06. The Morgan fingerprint density at radius 1 is 1.32 bits per heavy atom. The molecule has 0 saturated heterocycles. The zero-order valence-corrected chi connectivity index (χ0v) is 11.1. The molecule has 0 fully saturated rings. The van der Waals surface area contributed by atoms with Crippen LogP contribution in [0.15, 0.2) is 36.5 Å². The maximum Gasteiger partial charge on any atom is 0.248 e. The summed E-state index contributed by atoms with van der Waals surface area (Å²) in [4.78, 5) is 10.9. The van der Waals surface area contributed by atoms with E-state index in [1.807, 2.05) is 29.1 Å². The van der Waals surface area contributed by atoms with E-state index in [1.165, 1.54) is 0 Å². The fourth-order valence-electron chi connectivity index (χ4n) is 1.70. The van der Waals surface area contributed by atoms with Gasteiger partial charge in [0.1, 0.15) is 0 Å². The van der Waals surface area contributed by atoms with E-state index in [9.17, 15) is 4.79 Å². The van der Waals surface area contributed by atoms with Gasteiger partial charge in [-0.2, -0.15) is 5.10 Å². The number of amides is 1. The molecule has 0 aliphatic carbocycles. The Kier molecular flexibility index (Phi) is 3.85. The molecule has 0 unspecified atom stereocenters. The topological polar surface area (TPSA) is 72.9 Å². The molecule has 0 aliphatic heterocycles. The third-order valence-corrected chi connectivity index (χ3v) is 2.84. The second-order valence-electron chi connectivity index (χ2n) is 4.68. The van der Waals surface area contributed by atoms with Crippen molar-refractivity contribution in [3.05, 3.63) is 47.8 Å². The second kappa shape index (κ2) is 5.56. The maximum absolute atomic E-state index is 10.9. The summed E-state index contributed by atoms with van der Waals surface area (Å²) in [5.74, 6) is -0.415. The van der Waals surface area contributed by atoms with Crippen LogP contribution in [0.1, 0.15) is 35.9 Å². The number of nitrogens with one attached hydrogen (secondary N) is 1.